The topological polar surface area (TPSA) is 83.6 Å². The molecule has 0 aliphatic rings. The number of carbonyl (C=O) groups excluding carboxylic acids is 1. The molecule has 0 aliphatic heterocycles. The van der Waals surface area contributed by atoms with Crippen LogP contribution in [0.1, 0.15) is 10.6 Å². The van der Waals surface area contributed by atoms with Gasteiger partial charge in [0.1, 0.15) is 6.33 Å². The first-order valence-electron chi connectivity index (χ1n) is 5.35. The molecule has 0 unspecified atom stereocenters. The Bertz CT molecular complexity index is 687. The first kappa shape index (κ1) is 10.4. The van der Waals surface area contributed by atoms with Gasteiger partial charge in [0.15, 0.2) is 0 Å². The van der Waals surface area contributed by atoms with Gasteiger partial charge in [0.2, 0.25) is 5.82 Å². The van der Waals surface area contributed by atoms with Crippen molar-refractivity contribution in [2.75, 3.05) is 5.32 Å². The van der Waals surface area contributed by atoms with Gasteiger partial charge in [-0.1, -0.05) is 6.07 Å². The number of hydrogen-bond acceptors (Lipinski definition) is 4. The van der Waals surface area contributed by atoms with E-state index in [1.54, 1.807) is 6.20 Å². The van der Waals surface area contributed by atoms with E-state index >= 15 is 0 Å². The van der Waals surface area contributed by atoms with E-state index in [9.17, 15) is 4.79 Å². The molecule has 2 aromatic heterocycles. The van der Waals surface area contributed by atoms with Crippen LogP contribution in [0.25, 0.3) is 10.9 Å². The first-order valence-corrected chi connectivity index (χ1v) is 5.35. The number of fused-ring (bicyclic) bond motifs is 1. The zero-order chi connectivity index (χ0) is 12.4. The molecule has 3 aromatic rings. The van der Waals surface area contributed by atoms with Gasteiger partial charge >= 0.3 is 0 Å². The third-order valence-corrected chi connectivity index (χ3v) is 2.52. The predicted molar refractivity (Wildman–Crippen MR) is 66.1 cm³/mol. The third kappa shape index (κ3) is 1.80. The van der Waals surface area contributed by atoms with E-state index in [4.69, 9.17) is 0 Å². The molecule has 0 atom stereocenters. The van der Waals surface area contributed by atoms with Crippen molar-refractivity contribution in [1.82, 2.24) is 20.2 Å². The van der Waals surface area contributed by atoms with Crippen molar-refractivity contribution in [2.45, 2.75) is 0 Å². The summed E-state index contributed by atoms with van der Waals surface area (Å²) in [6, 6.07) is 9.27. The Morgan fingerprint density at radius 2 is 2.11 bits per heavy atom. The van der Waals surface area contributed by atoms with Crippen LogP contribution in [0.3, 0.4) is 0 Å². The highest BCUT2D eigenvalue weighted by Gasteiger charge is 2.10. The van der Waals surface area contributed by atoms with Crippen LogP contribution in [0.15, 0.2) is 42.9 Å². The number of nitrogens with zero attached hydrogens (tertiary/aromatic N) is 3. The van der Waals surface area contributed by atoms with Crippen LogP contribution in [0.2, 0.25) is 0 Å². The molecule has 0 aliphatic carbocycles. The van der Waals surface area contributed by atoms with E-state index < -0.39 is 0 Å². The summed E-state index contributed by atoms with van der Waals surface area (Å²) in [6.07, 6.45) is 3.00. The molecule has 18 heavy (non-hydrogen) atoms. The van der Waals surface area contributed by atoms with Crippen LogP contribution in [-0.2, 0) is 0 Å². The number of aromatic nitrogens is 4. The molecule has 88 valence electrons. The maximum absolute atomic E-state index is 11.9. The lowest BCUT2D eigenvalue weighted by atomic mass is 10.2. The Balaban J connectivity index is 1.98. The third-order valence-electron chi connectivity index (χ3n) is 2.52. The smallest absolute Gasteiger partial charge is 0.292 e. The van der Waals surface area contributed by atoms with Crippen molar-refractivity contribution >= 4 is 22.5 Å². The Morgan fingerprint density at radius 3 is 2.94 bits per heavy atom. The molecule has 1 aromatic carbocycles. The summed E-state index contributed by atoms with van der Waals surface area (Å²) in [6.45, 7) is 0. The zero-order valence-corrected chi connectivity index (χ0v) is 9.29. The fraction of sp³-hybridized carbons (Fsp3) is 0. The van der Waals surface area contributed by atoms with Gasteiger partial charge < -0.3 is 5.32 Å². The van der Waals surface area contributed by atoms with Gasteiger partial charge in [-0.15, -0.1) is 0 Å². The molecule has 6 nitrogen and oxygen atoms in total. The van der Waals surface area contributed by atoms with Crippen LogP contribution in [0, 0.1) is 0 Å². The molecular formula is C12H9N5O. The molecular weight excluding hydrogens is 230 g/mol. The van der Waals surface area contributed by atoms with E-state index in [2.05, 4.69) is 25.5 Å². The van der Waals surface area contributed by atoms with Crippen LogP contribution in [0.5, 0.6) is 0 Å². The Kier molecular flexibility index (Phi) is 2.45. The largest absolute Gasteiger partial charge is 0.319 e. The minimum Gasteiger partial charge on any atom is -0.319 e. The summed E-state index contributed by atoms with van der Waals surface area (Å²) in [4.78, 5) is 19.9. The summed E-state index contributed by atoms with van der Waals surface area (Å²) in [7, 11) is 0. The molecule has 0 spiro atoms. The Labute approximate surface area is 102 Å². The molecule has 2 heterocycles. The van der Waals surface area contributed by atoms with Crippen molar-refractivity contribution in [3.8, 4) is 0 Å². The second kappa shape index (κ2) is 4.25. The maximum atomic E-state index is 11.9. The standard InChI is InChI=1S/C12H9N5O/c18-12(11-14-7-15-17-11)16-10-5-1-4-9-8(10)3-2-6-13-9/h1-7H,(H,16,18)(H,14,15,17). The van der Waals surface area contributed by atoms with E-state index in [-0.39, 0.29) is 11.7 Å². The summed E-state index contributed by atoms with van der Waals surface area (Å²) in [5.41, 5.74) is 1.52. The normalized spacial score (nSPS) is 10.4. The molecule has 0 bridgehead atoms. The Morgan fingerprint density at radius 1 is 1.17 bits per heavy atom. The van der Waals surface area contributed by atoms with Crippen molar-refractivity contribution < 1.29 is 4.79 Å². The number of carbonyl (C=O) groups is 1. The number of benzene rings is 1. The molecule has 6 heteroatoms. The van der Waals surface area contributed by atoms with Gasteiger partial charge in [-0.3, -0.25) is 14.9 Å². The average Bonchev–Trinajstić information content (AvgIpc) is 2.93. The molecule has 0 fully saturated rings. The molecule has 0 saturated heterocycles. The van der Waals surface area contributed by atoms with Gasteiger partial charge in [0, 0.05) is 11.6 Å². The minimum atomic E-state index is -0.330. The quantitative estimate of drug-likeness (QED) is 0.711. The number of anilines is 1. The van der Waals surface area contributed by atoms with Gasteiger partial charge in [-0.2, -0.15) is 5.10 Å². The number of rotatable bonds is 2. The van der Waals surface area contributed by atoms with Crippen LogP contribution in [0.4, 0.5) is 5.69 Å². The molecule has 0 radical (unpaired) electrons. The van der Waals surface area contributed by atoms with Gasteiger partial charge in [0.25, 0.3) is 5.91 Å². The number of nitrogens with one attached hydrogen (secondary N) is 2. The molecule has 1 amide bonds. The number of pyridine rings is 1. The van der Waals surface area contributed by atoms with E-state index in [0.29, 0.717) is 5.69 Å². The maximum Gasteiger partial charge on any atom is 0.292 e. The fourth-order valence-electron chi connectivity index (χ4n) is 1.71. The number of hydrogen-bond donors (Lipinski definition) is 2. The van der Waals surface area contributed by atoms with Crippen molar-refractivity contribution in [2.24, 2.45) is 0 Å². The van der Waals surface area contributed by atoms with E-state index in [0.717, 1.165) is 10.9 Å². The van der Waals surface area contributed by atoms with Crippen LogP contribution < -0.4 is 5.32 Å². The monoisotopic (exact) mass is 239 g/mol. The van der Waals surface area contributed by atoms with E-state index in [1.165, 1.54) is 6.33 Å². The highest BCUT2D eigenvalue weighted by Crippen LogP contribution is 2.21. The van der Waals surface area contributed by atoms with Crippen LogP contribution in [-0.4, -0.2) is 26.1 Å². The summed E-state index contributed by atoms with van der Waals surface area (Å²) >= 11 is 0. The number of amides is 1. The van der Waals surface area contributed by atoms with Crippen molar-refractivity contribution in [3.05, 3.63) is 48.7 Å². The highest BCUT2D eigenvalue weighted by atomic mass is 16.2. The summed E-state index contributed by atoms with van der Waals surface area (Å²) in [5.74, 6) is -0.153. The van der Waals surface area contributed by atoms with Crippen LogP contribution >= 0.6 is 0 Å². The summed E-state index contributed by atoms with van der Waals surface area (Å²) < 4.78 is 0. The van der Waals surface area contributed by atoms with Gasteiger partial charge in [-0.25, -0.2) is 4.98 Å². The average molecular weight is 239 g/mol. The lowest BCUT2D eigenvalue weighted by Gasteiger charge is -2.06. The van der Waals surface area contributed by atoms with E-state index in [1.807, 2.05) is 30.3 Å². The fourth-order valence-corrected chi connectivity index (χ4v) is 1.71. The first-order chi connectivity index (χ1) is 8.84. The lowest BCUT2D eigenvalue weighted by Crippen LogP contribution is -2.14. The predicted octanol–water partition coefficient (Wildman–Crippen LogP) is 1.61. The van der Waals surface area contributed by atoms with Crippen molar-refractivity contribution in [3.63, 3.8) is 0 Å². The Hall–Kier alpha value is -2.76. The van der Waals surface area contributed by atoms with Crippen molar-refractivity contribution in [1.29, 1.82) is 0 Å². The highest BCUT2D eigenvalue weighted by molar-refractivity contribution is 6.06. The second-order valence-electron chi connectivity index (χ2n) is 3.66. The minimum absolute atomic E-state index is 0.177. The van der Waals surface area contributed by atoms with Gasteiger partial charge in [0.05, 0.1) is 11.2 Å². The molecule has 3 rings (SSSR count). The SMILES string of the molecule is O=C(Nc1cccc2ncccc12)c1ncn[nH]1. The number of aromatic amines is 1. The summed E-state index contributed by atoms with van der Waals surface area (Å²) in [5, 5.41) is 9.81. The number of H-pyrrole nitrogens is 1. The lowest BCUT2D eigenvalue weighted by molar-refractivity contribution is 0.101. The molecule has 2 N–H and O–H groups in total. The van der Waals surface area contributed by atoms with Gasteiger partial charge in [-0.05, 0) is 24.3 Å². The molecule has 0 saturated carbocycles. The second-order valence-corrected chi connectivity index (χ2v) is 3.66. The zero-order valence-electron chi connectivity index (χ0n) is 9.29.